The van der Waals surface area contributed by atoms with Gasteiger partial charge in [-0.25, -0.2) is 4.39 Å². The van der Waals surface area contributed by atoms with Gasteiger partial charge < -0.3 is 28.4 Å². The van der Waals surface area contributed by atoms with Gasteiger partial charge in [-0.2, -0.15) is 0 Å². The number of rotatable bonds is 16. The summed E-state index contributed by atoms with van der Waals surface area (Å²) in [6.45, 7) is 5.79. The summed E-state index contributed by atoms with van der Waals surface area (Å²) < 4.78 is 44.6. The Kier molecular flexibility index (Phi) is 13.4. The van der Waals surface area contributed by atoms with Crippen LogP contribution in [0.3, 0.4) is 0 Å². The molecule has 1 aromatic rings. The second-order valence-corrected chi connectivity index (χ2v) is 5.60. The molecule has 0 aliphatic rings. The van der Waals surface area contributed by atoms with Crippen LogP contribution in [0.1, 0.15) is 12.0 Å². The molecule has 0 aromatic heterocycles. The first-order valence-electron chi connectivity index (χ1n) is 8.90. The second-order valence-electron chi connectivity index (χ2n) is 5.60. The molecular weight excluding hydrogens is 359 g/mol. The Bertz CT molecular complexity index is 525. The van der Waals surface area contributed by atoms with Crippen molar-refractivity contribution >= 4 is 5.97 Å². The maximum absolute atomic E-state index is 13.6. The van der Waals surface area contributed by atoms with Gasteiger partial charge in [0.05, 0.1) is 65.9 Å². The largest absolute Gasteiger partial charge is 0.423 e. The molecule has 0 radical (unpaired) electrons. The van der Waals surface area contributed by atoms with E-state index in [-0.39, 0.29) is 18.8 Å². The molecule has 0 N–H and O–H groups in total. The first-order chi connectivity index (χ1) is 13.1. The third kappa shape index (κ3) is 12.4. The van der Waals surface area contributed by atoms with E-state index in [9.17, 15) is 9.18 Å². The SMILES string of the molecule is COCCOCCOCCOCCOCCC(=O)Oc1ccc(C)cc1F. The molecule has 154 valence electrons. The summed E-state index contributed by atoms with van der Waals surface area (Å²) in [5.41, 5.74) is 0.761. The average molecular weight is 388 g/mol. The zero-order valence-electron chi connectivity index (χ0n) is 16.0. The molecule has 0 aliphatic carbocycles. The molecule has 7 nitrogen and oxygen atoms in total. The molecule has 1 aromatic carbocycles. The predicted molar refractivity (Wildman–Crippen MR) is 96.5 cm³/mol. The van der Waals surface area contributed by atoms with Gasteiger partial charge in [-0.05, 0) is 24.6 Å². The highest BCUT2D eigenvalue weighted by molar-refractivity contribution is 5.72. The standard InChI is InChI=1S/C19H29FO7/c1-16-3-4-18(17(20)15-16)27-19(21)5-6-23-9-10-25-13-14-26-12-11-24-8-7-22-2/h3-4,15H,5-14H2,1-2H3. The molecule has 0 fully saturated rings. The van der Waals surface area contributed by atoms with Gasteiger partial charge in [0.25, 0.3) is 0 Å². The number of hydrogen-bond acceptors (Lipinski definition) is 7. The Balaban J connectivity index is 1.89. The number of ether oxygens (including phenoxy) is 6. The van der Waals surface area contributed by atoms with Crippen LogP contribution in [0.4, 0.5) is 4.39 Å². The molecule has 0 unspecified atom stereocenters. The number of halogens is 1. The molecular formula is C19H29FO7. The molecule has 0 atom stereocenters. The van der Waals surface area contributed by atoms with Crippen LogP contribution in [-0.2, 0) is 28.5 Å². The van der Waals surface area contributed by atoms with Crippen LogP contribution in [0, 0.1) is 12.7 Å². The Morgan fingerprint density at radius 1 is 0.852 bits per heavy atom. The lowest BCUT2D eigenvalue weighted by molar-refractivity contribution is -0.135. The van der Waals surface area contributed by atoms with Crippen molar-refractivity contribution in [3.8, 4) is 5.75 Å². The van der Waals surface area contributed by atoms with Crippen molar-refractivity contribution in [1.29, 1.82) is 0 Å². The third-order valence-electron chi connectivity index (χ3n) is 3.31. The van der Waals surface area contributed by atoms with Gasteiger partial charge in [0.1, 0.15) is 0 Å². The lowest BCUT2D eigenvalue weighted by Crippen LogP contribution is -2.15. The summed E-state index contributed by atoms with van der Waals surface area (Å²) in [6, 6.07) is 4.43. The Labute approximate surface area is 159 Å². The van der Waals surface area contributed by atoms with Crippen LogP contribution < -0.4 is 4.74 Å². The molecule has 0 amide bonds. The minimum atomic E-state index is -0.554. The zero-order chi connectivity index (χ0) is 19.7. The van der Waals surface area contributed by atoms with Crippen LogP contribution in [0.25, 0.3) is 0 Å². The molecule has 0 heterocycles. The fourth-order valence-corrected chi connectivity index (χ4v) is 1.92. The van der Waals surface area contributed by atoms with Gasteiger partial charge in [0.2, 0.25) is 0 Å². The van der Waals surface area contributed by atoms with E-state index in [4.69, 9.17) is 28.4 Å². The molecule has 0 aliphatic heterocycles. The van der Waals surface area contributed by atoms with Crippen LogP contribution in [0.2, 0.25) is 0 Å². The first-order valence-corrected chi connectivity index (χ1v) is 8.90. The van der Waals surface area contributed by atoms with Crippen molar-refractivity contribution in [1.82, 2.24) is 0 Å². The van der Waals surface area contributed by atoms with Gasteiger partial charge in [-0.1, -0.05) is 6.07 Å². The fourth-order valence-electron chi connectivity index (χ4n) is 1.92. The van der Waals surface area contributed by atoms with Crippen LogP contribution in [0.5, 0.6) is 5.75 Å². The maximum Gasteiger partial charge on any atom is 0.313 e. The normalized spacial score (nSPS) is 10.9. The Morgan fingerprint density at radius 3 is 1.89 bits per heavy atom. The first kappa shape index (κ1) is 23.5. The van der Waals surface area contributed by atoms with E-state index in [0.29, 0.717) is 52.9 Å². The molecule has 0 spiro atoms. The van der Waals surface area contributed by atoms with E-state index in [2.05, 4.69) is 0 Å². The van der Waals surface area contributed by atoms with Crippen LogP contribution >= 0.6 is 0 Å². The summed E-state index contributed by atoms with van der Waals surface area (Å²) >= 11 is 0. The van der Waals surface area contributed by atoms with E-state index in [1.807, 2.05) is 0 Å². The number of carbonyl (C=O) groups excluding carboxylic acids is 1. The van der Waals surface area contributed by atoms with Crippen LogP contribution in [0.15, 0.2) is 18.2 Å². The maximum atomic E-state index is 13.6. The number of benzene rings is 1. The lowest BCUT2D eigenvalue weighted by atomic mass is 10.2. The minimum absolute atomic E-state index is 0.0412. The average Bonchev–Trinajstić information content (AvgIpc) is 2.64. The quantitative estimate of drug-likeness (QED) is 0.244. The highest BCUT2D eigenvalue weighted by Crippen LogP contribution is 2.18. The van der Waals surface area contributed by atoms with Gasteiger partial charge in [0.15, 0.2) is 11.6 Å². The van der Waals surface area contributed by atoms with Crippen LogP contribution in [-0.4, -0.2) is 72.5 Å². The Morgan fingerprint density at radius 2 is 1.37 bits per heavy atom. The van der Waals surface area contributed by atoms with E-state index >= 15 is 0 Å². The topological polar surface area (TPSA) is 72.5 Å². The van der Waals surface area contributed by atoms with Gasteiger partial charge >= 0.3 is 5.97 Å². The van der Waals surface area contributed by atoms with Gasteiger partial charge in [-0.3, -0.25) is 4.79 Å². The summed E-state index contributed by atoms with van der Waals surface area (Å²) in [4.78, 5) is 11.6. The summed E-state index contributed by atoms with van der Waals surface area (Å²) in [6.07, 6.45) is 0.0412. The number of hydrogen-bond donors (Lipinski definition) is 0. The minimum Gasteiger partial charge on any atom is -0.423 e. The predicted octanol–water partition coefficient (Wildman–Crippen LogP) is 2.14. The monoisotopic (exact) mass is 388 g/mol. The van der Waals surface area contributed by atoms with Gasteiger partial charge in [0, 0.05) is 7.11 Å². The van der Waals surface area contributed by atoms with Crippen molar-refractivity contribution in [3.63, 3.8) is 0 Å². The highest BCUT2D eigenvalue weighted by atomic mass is 19.1. The molecule has 8 heteroatoms. The highest BCUT2D eigenvalue weighted by Gasteiger charge is 2.09. The molecule has 0 bridgehead atoms. The van der Waals surface area contributed by atoms with Crippen molar-refractivity contribution in [2.24, 2.45) is 0 Å². The van der Waals surface area contributed by atoms with E-state index in [1.165, 1.54) is 12.1 Å². The lowest BCUT2D eigenvalue weighted by Gasteiger charge is -2.08. The van der Waals surface area contributed by atoms with Crippen molar-refractivity contribution < 1.29 is 37.6 Å². The summed E-state index contributed by atoms with van der Waals surface area (Å²) in [5.74, 6) is -1.17. The fraction of sp³-hybridized carbons (Fsp3) is 0.632. The van der Waals surface area contributed by atoms with Gasteiger partial charge in [-0.15, -0.1) is 0 Å². The van der Waals surface area contributed by atoms with E-state index < -0.39 is 11.8 Å². The molecule has 0 saturated heterocycles. The molecule has 1 rings (SSSR count). The number of methoxy groups -OCH3 is 1. The van der Waals surface area contributed by atoms with Crippen molar-refractivity contribution in [3.05, 3.63) is 29.6 Å². The van der Waals surface area contributed by atoms with E-state index in [0.717, 1.165) is 5.56 Å². The third-order valence-corrected chi connectivity index (χ3v) is 3.31. The number of esters is 1. The van der Waals surface area contributed by atoms with Crippen molar-refractivity contribution in [2.45, 2.75) is 13.3 Å². The molecule has 0 saturated carbocycles. The summed E-state index contributed by atoms with van der Waals surface area (Å²) in [7, 11) is 1.62. The molecule has 27 heavy (non-hydrogen) atoms. The zero-order valence-corrected chi connectivity index (χ0v) is 16.0. The second kappa shape index (κ2) is 15.5. The van der Waals surface area contributed by atoms with E-state index in [1.54, 1.807) is 20.1 Å². The van der Waals surface area contributed by atoms with Crippen molar-refractivity contribution in [2.75, 3.05) is 66.6 Å². The Hall–Kier alpha value is -1.58. The number of carbonyl (C=O) groups is 1. The summed E-state index contributed by atoms with van der Waals surface area (Å²) in [5, 5.41) is 0. The smallest absolute Gasteiger partial charge is 0.313 e. The number of aryl methyl sites for hydroxylation is 1.